The second kappa shape index (κ2) is 9.07. The Balaban J connectivity index is 2.20. The Hall–Kier alpha value is -1.78. The lowest BCUT2D eigenvalue weighted by Crippen LogP contribution is -2.29. The van der Waals surface area contributed by atoms with Crippen molar-refractivity contribution in [3.63, 3.8) is 0 Å². The number of hydrogen-bond acceptors (Lipinski definition) is 4. The molecule has 0 aromatic heterocycles. The predicted octanol–water partition coefficient (Wildman–Crippen LogP) is 3.75. The van der Waals surface area contributed by atoms with Gasteiger partial charge in [-0.05, 0) is 72.3 Å². The van der Waals surface area contributed by atoms with Crippen LogP contribution < -0.4 is 10.8 Å². The van der Waals surface area contributed by atoms with Crippen molar-refractivity contribution in [3.8, 4) is 0 Å². The summed E-state index contributed by atoms with van der Waals surface area (Å²) in [5.74, 6) is -1.70. The van der Waals surface area contributed by atoms with Crippen LogP contribution in [-0.2, 0) is 4.84 Å². The van der Waals surface area contributed by atoms with Crippen molar-refractivity contribution < 1.29 is 23.5 Å². The fourth-order valence-electron chi connectivity index (χ4n) is 2.00. The van der Waals surface area contributed by atoms with Crippen LogP contribution in [0.5, 0.6) is 0 Å². The average molecular weight is 462 g/mol. The highest BCUT2D eigenvalue weighted by atomic mass is 127. The first kappa shape index (κ1) is 19.5. The van der Waals surface area contributed by atoms with Gasteiger partial charge < -0.3 is 10.4 Å². The standard InChI is InChI=1S/C17H17F2IN2O3/c1-10(6-7-23)25-22-17(24)13-4-2-11(18)8-16(13)21-15-5-3-12(20)9-14(15)19/h2-5,8-10,21,23H,6-7H2,1H3,(H,22,24). The van der Waals surface area contributed by atoms with Gasteiger partial charge in [0, 0.05) is 10.2 Å². The smallest absolute Gasteiger partial charge is 0.276 e. The van der Waals surface area contributed by atoms with Gasteiger partial charge in [0.1, 0.15) is 11.6 Å². The first-order valence-corrected chi connectivity index (χ1v) is 8.57. The van der Waals surface area contributed by atoms with E-state index in [1.807, 2.05) is 22.6 Å². The largest absolute Gasteiger partial charge is 0.396 e. The van der Waals surface area contributed by atoms with Gasteiger partial charge in [-0.15, -0.1) is 0 Å². The number of benzene rings is 2. The third-order valence-electron chi connectivity index (χ3n) is 3.32. The number of aliphatic hydroxyl groups excluding tert-OH is 1. The fraction of sp³-hybridized carbons (Fsp3) is 0.235. The molecule has 3 N–H and O–H groups in total. The fourth-order valence-corrected chi connectivity index (χ4v) is 2.46. The molecule has 1 atom stereocenters. The summed E-state index contributed by atoms with van der Waals surface area (Å²) in [7, 11) is 0. The van der Waals surface area contributed by atoms with E-state index in [0.29, 0.717) is 9.99 Å². The Bertz CT molecular complexity index is 759. The number of amides is 1. The first-order chi connectivity index (χ1) is 11.9. The Morgan fingerprint density at radius 1 is 1.24 bits per heavy atom. The highest BCUT2D eigenvalue weighted by molar-refractivity contribution is 14.1. The van der Waals surface area contributed by atoms with Gasteiger partial charge in [0.15, 0.2) is 0 Å². The van der Waals surface area contributed by atoms with Crippen LogP contribution >= 0.6 is 22.6 Å². The summed E-state index contributed by atoms with van der Waals surface area (Å²) in [4.78, 5) is 17.4. The van der Waals surface area contributed by atoms with Crippen molar-refractivity contribution in [3.05, 3.63) is 57.2 Å². The molecule has 1 unspecified atom stereocenters. The van der Waals surface area contributed by atoms with Gasteiger partial charge in [0.2, 0.25) is 0 Å². The third-order valence-corrected chi connectivity index (χ3v) is 3.99. The minimum absolute atomic E-state index is 0.0769. The minimum Gasteiger partial charge on any atom is -0.396 e. The third kappa shape index (κ3) is 5.62. The second-order valence-electron chi connectivity index (χ2n) is 5.31. The molecule has 0 fully saturated rings. The van der Waals surface area contributed by atoms with Crippen molar-refractivity contribution in [1.29, 1.82) is 0 Å². The van der Waals surface area contributed by atoms with Gasteiger partial charge in [0.25, 0.3) is 5.91 Å². The molecule has 8 heteroatoms. The Morgan fingerprint density at radius 3 is 2.68 bits per heavy atom. The molecule has 2 aromatic rings. The monoisotopic (exact) mass is 462 g/mol. The highest BCUT2D eigenvalue weighted by Gasteiger charge is 2.15. The molecule has 134 valence electrons. The Kier molecular flexibility index (Phi) is 7.09. The number of anilines is 2. The van der Waals surface area contributed by atoms with Crippen LogP contribution in [0.15, 0.2) is 36.4 Å². The number of nitrogens with one attached hydrogen (secondary N) is 2. The second-order valence-corrected chi connectivity index (χ2v) is 6.56. The van der Waals surface area contributed by atoms with Crippen molar-refractivity contribution in [2.24, 2.45) is 0 Å². The average Bonchev–Trinajstić information content (AvgIpc) is 2.56. The van der Waals surface area contributed by atoms with E-state index in [1.165, 1.54) is 18.2 Å². The lowest BCUT2D eigenvalue weighted by molar-refractivity contribution is -0.0167. The van der Waals surface area contributed by atoms with Gasteiger partial charge in [0.05, 0.1) is 23.0 Å². The van der Waals surface area contributed by atoms with Gasteiger partial charge in [-0.2, -0.15) is 0 Å². The van der Waals surface area contributed by atoms with E-state index in [-0.39, 0.29) is 29.6 Å². The maximum atomic E-state index is 14.0. The number of aliphatic hydroxyl groups is 1. The Labute approximate surface area is 157 Å². The highest BCUT2D eigenvalue weighted by Crippen LogP contribution is 2.25. The summed E-state index contributed by atoms with van der Waals surface area (Å²) in [6.45, 7) is 1.60. The van der Waals surface area contributed by atoms with Crippen LogP contribution in [0.3, 0.4) is 0 Å². The molecule has 0 spiro atoms. The molecule has 1 amide bonds. The number of hydroxylamine groups is 1. The maximum absolute atomic E-state index is 14.0. The topological polar surface area (TPSA) is 70.6 Å². The normalized spacial score (nSPS) is 11.9. The number of rotatable bonds is 7. The molecule has 25 heavy (non-hydrogen) atoms. The summed E-state index contributed by atoms with van der Waals surface area (Å²) in [5.41, 5.74) is 2.57. The number of halogens is 3. The molecule has 0 aliphatic heterocycles. The summed E-state index contributed by atoms with van der Waals surface area (Å²) in [5, 5.41) is 11.6. The van der Waals surface area contributed by atoms with E-state index >= 15 is 0 Å². The van der Waals surface area contributed by atoms with E-state index in [9.17, 15) is 13.6 Å². The summed E-state index contributed by atoms with van der Waals surface area (Å²) in [6, 6.07) is 8.01. The lowest BCUT2D eigenvalue weighted by Gasteiger charge is -2.15. The predicted molar refractivity (Wildman–Crippen MR) is 98.5 cm³/mol. The molecule has 0 bridgehead atoms. The zero-order valence-corrected chi connectivity index (χ0v) is 15.5. The molecule has 0 saturated heterocycles. The maximum Gasteiger partial charge on any atom is 0.276 e. The lowest BCUT2D eigenvalue weighted by atomic mass is 10.1. The van der Waals surface area contributed by atoms with E-state index < -0.39 is 17.5 Å². The number of hydrogen-bond donors (Lipinski definition) is 3. The van der Waals surface area contributed by atoms with Crippen molar-refractivity contribution in [1.82, 2.24) is 5.48 Å². The SMILES string of the molecule is CC(CCO)ONC(=O)c1ccc(F)cc1Nc1ccc(I)cc1F. The van der Waals surface area contributed by atoms with E-state index in [1.54, 1.807) is 13.0 Å². The van der Waals surface area contributed by atoms with Crippen LogP contribution in [0.1, 0.15) is 23.7 Å². The van der Waals surface area contributed by atoms with Crippen LogP contribution in [0.25, 0.3) is 0 Å². The summed E-state index contributed by atoms with van der Waals surface area (Å²) < 4.78 is 28.3. The Morgan fingerprint density at radius 2 is 2.00 bits per heavy atom. The van der Waals surface area contributed by atoms with Gasteiger partial charge in [-0.1, -0.05) is 0 Å². The van der Waals surface area contributed by atoms with Crippen LogP contribution in [-0.4, -0.2) is 23.7 Å². The van der Waals surface area contributed by atoms with Crippen molar-refractivity contribution >= 4 is 39.9 Å². The number of carbonyl (C=O) groups excluding carboxylic acids is 1. The molecule has 0 heterocycles. The molecular formula is C17H17F2IN2O3. The number of carbonyl (C=O) groups is 1. The molecule has 0 saturated carbocycles. The first-order valence-electron chi connectivity index (χ1n) is 7.49. The molecule has 2 rings (SSSR count). The zero-order valence-electron chi connectivity index (χ0n) is 13.4. The van der Waals surface area contributed by atoms with E-state index in [2.05, 4.69) is 10.8 Å². The van der Waals surface area contributed by atoms with E-state index in [0.717, 1.165) is 12.1 Å². The molecular weight excluding hydrogens is 445 g/mol. The van der Waals surface area contributed by atoms with Gasteiger partial charge in [-0.3, -0.25) is 9.63 Å². The summed E-state index contributed by atoms with van der Waals surface area (Å²) >= 11 is 1.97. The van der Waals surface area contributed by atoms with Crippen molar-refractivity contribution in [2.45, 2.75) is 19.4 Å². The summed E-state index contributed by atoms with van der Waals surface area (Å²) in [6.07, 6.45) is -0.0395. The van der Waals surface area contributed by atoms with Crippen LogP contribution in [0.2, 0.25) is 0 Å². The minimum atomic E-state index is -0.613. The zero-order chi connectivity index (χ0) is 18.4. The molecule has 0 aliphatic rings. The molecule has 2 aromatic carbocycles. The van der Waals surface area contributed by atoms with Gasteiger partial charge in [-0.25, -0.2) is 14.3 Å². The molecule has 0 radical (unpaired) electrons. The molecule has 0 aliphatic carbocycles. The van der Waals surface area contributed by atoms with Crippen LogP contribution in [0.4, 0.5) is 20.2 Å². The van der Waals surface area contributed by atoms with Gasteiger partial charge >= 0.3 is 0 Å². The van der Waals surface area contributed by atoms with E-state index in [4.69, 9.17) is 9.94 Å². The van der Waals surface area contributed by atoms with Crippen molar-refractivity contribution in [2.75, 3.05) is 11.9 Å². The quantitative estimate of drug-likeness (QED) is 0.433. The molecule has 5 nitrogen and oxygen atoms in total. The van der Waals surface area contributed by atoms with Crippen LogP contribution in [0, 0.1) is 15.2 Å².